The molecule has 1 aromatic heterocycles. The molecule has 0 aliphatic heterocycles. The molecule has 0 saturated heterocycles. The van der Waals surface area contributed by atoms with Crippen LogP contribution in [0, 0.1) is 21.4 Å². The highest BCUT2D eigenvalue weighted by Crippen LogP contribution is 2.36. The fourth-order valence-electron chi connectivity index (χ4n) is 2.96. The van der Waals surface area contributed by atoms with E-state index in [1.165, 1.54) is 17.0 Å². The van der Waals surface area contributed by atoms with E-state index in [0.717, 1.165) is 10.9 Å². The number of halogens is 2. The van der Waals surface area contributed by atoms with Crippen molar-refractivity contribution in [3.63, 3.8) is 0 Å². The molecule has 0 spiro atoms. The average Bonchev–Trinajstić information content (AvgIpc) is 2.77. The summed E-state index contributed by atoms with van der Waals surface area (Å²) in [6, 6.07) is 9.86. The highest BCUT2D eigenvalue weighted by molar-refractivity contribution is 9.10. The zero-order valence-electron chi connectivity index (χ0n) is 17.1. The Balaban J connectivity index is 2.15. The first-order valence-corrected chi connectivity index (χ1v) is 11.1. The van der Waals surface area contributed by atoms with Gasteiger partial charge in [0.15, 0.2) is 6.61 Å². The fourth-order valence-corrected chi connectivity index (χ4v) is 3.90. The molecule has 0 radical (unpaired) electrons. The summed E-state index contributed by atoms with van der Waals surface area (Å²) in [5.74, 6) is 0.394. The third kappa shape index (κ3) is 4.87. The van der Waals surface area contributed by atoms with Crippen LogP contribution in [0.2, 0.25) is 0 Å². The Kier molecular flexibility index (Phi) is 7.37. The average molecular weight is 563 g/mol. The van der Waals surface area contributed by atoms with Crippen molar-refractivity contribution >= 4 is 54.7 Å². The molecule has 0 aliphatic rings. The van der Waals surface area contributed by atoms with Crippen molar-refractivity contribution in [2.45, 2.75) is 26.2 Å². The second-order valence-electron chi connectivity index (χ2n) is 6.86. The van der Waals surface area contributed by atoms with Crippen molar-refractivity contribution in [3.8, 4) is 11.8 Å². The van der Waals surface area contributed by atoms with E-state index in [2.05, 4.69) is 41.9 Å². The molecule has 1 heterocycles. The first-order chi connectivity index (χ1) is 15.3. The Morgan fingerprint density at radius 1 is 1.38 bits per heavy atom. The molecule has 0 aliphatic carbocycles. The molecule has 3 rings (SSSR count). The van der Waals surface area contributed by atoms with E-state index >= 15 is 0 Å². The Morgan fingerprint density at radius 3 is 2.78 bits per heavy atom. The first kappa shape index (κ1) is 23.6. The number of benzene rings is 2. The van der Waals surface area contributed by atoms with E-state index in [1.54, 1.807) is 24.3 Å². The lowest BCUT2D eigenvalue weighted by Crippen LogP contribution is -2.23. The number of nitro benzene ring substituents is 1. The molecule has 0 unspecified atom stereocenters. The topological polar surface area (TPSA) is 123 Å². The summed E-state index contributed by atoms with van der Waals surface area (Å²) in [5, 5.41) is 24.9. The summed E-state index contributed by atoms with van der Waals surface area (Å²) in [6.45, 7) is 3.59. The minimum absolute atomic E-state index is 0.0456. The van der Waals surface area contributed by atoms with Gasteiger partial charge in [0.05, 0.1) is 26.5 Å². The van der Waals surface area contributed by atoms with E-state index in [4.69, 9.17) is 10.00 Å². The predicted octanol–water partition coefficient (Wildman–Crippen LogP) is 5.13. The summed E-state index contributed by atoms with van der Waals surface area (Å²) in [6.07, 6.45) is 2.09. The Labute approximate surface area is 199 Å². The van der Waals surface area contributed by atoms with Gasteiger partial charge in [-0.3, -0.25) is 14.9 Å². The van der Waals surface area contributed by atoms with Crippen LogP contribution in [0.3, 0.4) is 0 Å². The molecule has 3 aromatic rings. The second kappa shape index (κ2) is 10.0. The van der Waals surface area contributed by atoms with Crippen LogP contribution in [0.5, 0.6) is 5.75 Å². The van der Waals surface area contributed by atoms with Crippen LogP contribution < -0.4 is 10.3 Å². The molecule has 0 N–H and O–H groups in total. The van der Waals surface area contributed by atoms with Gasteiger partial charge in [-0.05, 0) is 46.6 Å². The molecule has 32 heavy (non-hydrogen) atoms. The standard InChI is InChI=1S/C21H17Br2N5O4/c1-3-12(2)20-26-17-5-4-14(22)10-15(17)21(29)27(20)25-11-13-8-16(23)19(32-7-6-24)18(9-13)28(30)31/h4-5,8-12H,3,7H2,1-2H3/t12-/m0/s1. The number of ether oxygens (including phenoxy) is 1. The zero-order chi connectivity index (χ0) is 23.4. The van der Waals surface area contributed by atoms with Crippen molar-refractivity contribution < 1.29 is 9.66 Å². The van der Waals surface area contributed by atoms with Gasteiger partial charge in [0.1, 0.15) is 11.9 Å². The number of nitriles is 1. The third-order valence-corrected chi connectivity index (χ3v) is 5.82. The van der Waals surface area contributed by atoms with Crippen LogP contribution in [0.15, 0.2) is 49.2 Å². The normalized spacial score (nSPS) is 12.1. The van der Waals surface area contributed by atoms with Crippen LogP contribution >= 0.6 is 31.9 Å². The van der Waals surface area contributed by atoms with E-state index < -0.39 is 4.92 Å². The molecule has 2 aromatic carbocycles. The van der Waals surface area contributed by atoms with Crippen LogP contribution in [0.4, 0.5) is 5.69 Å². The monoisotopic (exact) mass is 561 g/mol. The molecule has 0 saturated carbocycles. The van der Waals surface area contributed by atoms with Crippen LogP contribution in [0.1, 0.15) is 37.6 Å². The number of nitrogens with zero attached hydrogens (tertiary/aromatic N) is 5. The highest BCUT2D eigenvalue weighted by Gasteiger charge is 2.20. The molecule has 9 nitrogen and oxygen atoms in total. The number of aromatic nitrogens is 2. The summed E-state index contributed by atoms with van der Waals surface area (Å²) < 4.78 is 7.43. The Morgan fingerprint density at radius 2 is 2.12 bits per heavy atom. The number of fused-ring (bicyclic) bond motifs is 1. The van der Waals surface area contributed by atoms with Gasteiger partial charge < -0.3 is 4.74 Å². The van der Waals surface area contributed by atoms with Gasteiger partial charge in [0, 0.05) is 22.0 Å². The maximum absolute atomic E-state index is 13.2. The SMILES string of the molecule is CC[C@H](C)c1nc2ccc(Br)cc2c(=O)n1N=Cc1cc(Br)c(OCC#N)c([N+](=O)[O-])c1. The molecule has 11 heteroatoms. The van der Waals surface area contributed by atoms with Gasteiger partial charge in [0.25, 0.3) is 5.56 Å². The molecular weight excluding hydrogens is 546 g/mol. The Bertz CT molecular complexity index is 1330. The van der Waals surface area contributed by atoms with Gasteiger partial charge in [-0.2, -0.15) is 15.0 Å². The fraction of sp³-hybridized carbons (Fsp3) is 0.238. The minimum atomic E-state index is -0.610. The van der Waals surface area contributed by atoms with Crippen LogP contribution in [-0.4, -0.2) is 27.4 Å². The lowest BCUT2D eigenvalue weighted by atomic mass is 10.1. The molecule has 0 bridgehead atoms. The molecule has 0 fully saturated rings. The molecule has 1 atom stereocenters. The Hall–Kier alpha value is -3.10. The largest absolute Gasteiger partial charge is 0.471 e. The molecular formula is C21H17Br2N5O4. The zero-order valence-corrected chi connectivity index (χ0v) is 20.3. The first-order valence-electron chi connectivity index (χ1n) is 9.51. The lowest BCUT2D eigenvalue weighted by molar-refractivity contribution is -0.385. The minimum Gasteiger partial charge on any atom is -0.471 e. The smallest absolute Gasteiger partial charge is 0.312 e. The van der Waals surface area contributed by atoms with E-state index in [9.17, 15) is 14.9 Å². The summed E-state index contributed by atoms with van der Waals surface area (Å²) >= 11 is 6.61. The van der Waals surface area contributed by atoms with Crippen molar-refractivity contribution in [2.75, 3.05) is 6.61 Å². The summed E-state index contributed by atoms with van der Waals surface area (Å²) in [5.41, 5.74) is 0.262. The number of hydrogen-bond acceptors (Lipinski definition) is 7. The maximum Gasteiger partial charge on any atom is 0.312 e. The molecule has 164 valence electrons. The van der Waals surface area contributed by atoms with Crippen molar-refractivity contribution in [1.82, 2.24) is 9.66 Å². The summed E-state index contributed by atoms with van der Waals surface area (Å²) in [7, 11) is 0. The third-order valence-electron chi connectivity index (χ3n) is 4.73. The van der Waals surface area contributed by atoms with Crippen molar-refractivity contribution in [1.29, 1.82) is 5.26 Å². The number of hydrogen-bond donors (Lipinski definition) is 0. The van der Waals surface area contributed by atoms with E-state index in [-0.39, 0.29) is 29.5 Å². The van der Waals surface area contributed by atoms with Crippen molar-refractivity contribution in [2.24, 2.45) is 5.10 Å². The van der Waals surface area contributed by atoms with Crippen LogP contribution in [-0.2, 0) is 0 Å². The van der Waals surface area contributed by atoms with Gasteiger partial charge in [0.2, 0.25) is 5.75 Å². The second-order valence-corrected chi connectivity index (χ2v) is 8.63. The van der Waals surface area contributed by atoms with E-state index in [1.807, 2.05) is 19.9 Å². The van der Waals surface area contributed by atoms with Gasteiger partial charge >= 0.3 is 5.69 Å². The molecule has 0 amide bonds. The maximum atomic E-state index is 13.2. The van der Waals surface area contributed by atoms with Crippen LogP contribution in [0.25, 0.3) is 10.9 Å². The number of nitro groups is 1. The quantitative estimate of drug-likeness (QED) is 0.223. The predicted molar refractivity (Wildman–Crippen MR) is 127 cm³/mol. The lowest BCUT2D eigenvalue weighted by Gasteiger charge is -2.14. The van der Waals surface area contributed by atoms with Crippen molar-refractivity contribution in [3.05, 3.63) is 71.1 Å². The number of rotatable bonds is 7. The highest BCUT2D eigenvalue weighted by atomic mass is 79.9. The van der Waals surface area contributed by atoms with E-state index in [0.29, 0.717) is 26.8 Å². The summed E-state index contributed by atoms with van der Waals surface area (Å²) in [4.78, 5) is 28.7. The van der Waals surface area contributed by atoms with Gasteiger partial charge in [-0.1, -0.05) is 29.8 Å². The van der Waals surface area contributed by atoms with Gasteiger partial charge in [-0.25, -0.2) is 4.98 Å². The van der Waals surface area contributed by atoms with Gasteiger partial charge in [-0.15, -0.1) is 0 Å².